The lowest BCUT2D eigenvalue weighted by atomic mass is 10.1. The average molecular weight is 459 g/mol. The van der Waals surface area contributed by atoms with E-state index in [-0.39, 0.29) is 11.8 Å². The predicted octanol–water partition coefficient (Wildman–Crippen LogP) is 5.00. The fourth-order valence-electron chi connectivity index (χ4n) is 3.72. The fraction of sp³-hybridized carbons (Fsp3) is 0.318. The summed E-state index contributed by atoms with van der Waals surface area (Å²) in [6.07, 6.45) is 6.95. The summed E-state index contributed by atoms with van der Waals surface area (Å²) in [6, 6.07) is 8.37. The minimum Gasteiger partial charge on any atom is -0.465 e. The zero-order valence-corrected chi connectivity index (χ0v) is 18.7. The third-order valence-corrected chi connectivity index (χ3v) is 6.62. The van der Waals surface area contributed by atoms with Gasteiger partial charge in [0.1, 0.15) is 10.8 Å². The number of methoxy groups -OCH3 is 1. The van der Waals surface area contributed by atoms with Gasteiger partial charge in [0.15, 0.2) is 10.9 Å². The van der Waals surface area contributed by atoms with Crippen LogP contribution in [0.5, 0.6) is 0 Å². The van der Waals surface area contributed by atoms with Crippen LogP contribution in [0.2, 0.25) is 0 Å². The highest BCUT2D eigenvalue weighted by Gasteiger charge is 2.25. The van der Waals surface area contributed by atoms with E-state index in [1.165, 1.54) is 24.5 Å². The number of ether oxygens (including phenoxy) is 1. The van der Waals surface area contributed by atoms with Gasteiger partial charge in [-0.3, -0.25) is 4.68 Å². The SMILES string of the molecule is COC(=O)c1c(NC(=S)Nc2ccn(Cc3ccccc3F)n2)sc2c1CCCCC2. The molecule has 0 radical (unpaired) electrons. The number of nitrogens with one attached hydrogen (secondary N) is 2. The molecule has 6 nitrogen and oxygen atoms in total. The first-order chi connectivity index (χ1) is 15.0. The van der Waals surface area contributed by atoms with Crippen molar-refractivity contribution in [2.24, 2.45) is 0 Å². The molecule has 31 heavy (non-hydrogen) atoms. The molecule has 2 N–H and O–H groups in total. The van der Waals surface area contributed by atoms with E-state index in [2.05, 4.69) is 15.7 Å². The number of thiophene rings is 1. The van der Waals surface area contributed by atoms with Crippen molar-refractivity contribution in [2.75, 3.05) is 17.7 Å². The lowest BCUT2D eigenvalue weighted by Crippen LogP contribution is -2.20. The van der Waals surface area contributed by atoms with Gasteiger partial charge in [0, 0.05) is 22.7 Å². The number of aromatic nitrogens is 2. The third kappa shape index (κ3) is 4.94. The van der Waals surface area contributed by atoms with Gasteiger partial charge in [-0.1, -0.05) is 24.6 Å². The van der Waals surface area contributed by atoms with Gasteiger partial charge in [0.25, 0.3) is 0 Å². The highest BCUT2D eigenvalue weighted by Crippen LogP contribution is 2.38. The van der Waals surface area contributed by atoms with Crippen LogP contribution in [0.4, 0.5) is 15.2 Å². The summed E-state index contributed by atoms with van der Waals surface area (Å²) >= 11 is 7.01. The summed E-state index contributed by atoms with van der Waals surface area (Å²) in [5.74, 6) is -0.0806. The topological polar surface area (TPSA) is 68.2 Å². The largest absolute Gasteiger partial charge is 0.465 e. The van der Waals surface area contributed by atoms with E-state index in [9.17, 15) is 9.18 Å². The summed E-state index contributed by atoms with van der Waals surface area (Å²) < 4.78 is 20.5. The Morgan fingerprint density at radius 2 is 2.03 bits per heavy atom. The predicted molar refractivity (Wildman–Crippen MR) is 124 cm³/mol. The van der Waals surface area contributed by atoms with Crippen molar-refractivity contribution in [3.8, 4) is 0 Å². The van der Waals surface area contributed by atoms with Gasteiger partial charge in [0.2, 0.25) is 0 Å². The molecule has 1 aromatic carbocycles. The molecule has 1 aliphatic carbocycles. The third-order valence-electron chi connectivity index (χ3n) is 5.21. The Hall–Kier alpha value is -2.78. The molecule has 0 fully saturated rings. The molecule has 2 aromatic heterocycles. The Balaban J connectivity index is 1.46. The van der Waals surface area contributed by atoms with E-state index in [1.807, 2.05) is 0 Å². The Kier molecular flexibility index (Phi) is 6.62. The first-order valence-electron chi connectivity index (χ1n) is 10.1. The van der Waals surface area contributed by atoms with Crippen LogP contribution < -0.4 is 10.6 Å². The monoisotopic (exact) mass is 458 g/mol. The van der Waals surface area contributed by atoms with E-state index in [0.717, 1.165) is 31.2 Å². The summed E-state index contributed by atoms with van der Waals surface area (Å²) in [6.45, 7) is 0.318. The molecule has 162 valence electrons. The maximum absolute atomic E-state index is 13.9. The second-order valence-electron chi connectivity index (χ2n) is 7.33. The molecule has 0 aliphatic heterocycles. The number of benzene rings is 1. The number of fused-ring (bicyclic) bond motifs is 1. The van der Waals surface area contributed by atoms with Crippen molar-refractivity contribution in [1.82, 2.24) is 9.78 Å². The molecule has 9 heteroatoms. The first kappa shape index (κ1) is 21.5. The van der Waals surface area contributed by atoms with Crippen molar-refractivity contribution in [2.45, 2.75) is 38.6 Å². The van der Waals surface area contributed by atoms with Crippen molar-refractivity contribution in [1.29, 1.82) is 0 Å². The molecule has 2 heterocycles. The summed E-state index contributed by atoms with van der Waals surface area (Å²) in [5.41, 5.74) is 2.22. The Morgan fingerprint density at radius 3 is 2.84 bits per heavy atom. The second-order valence-corrected chi connectivity index (χ2v) is 8.84. The molecule has 0 atom stereocenters. The van der Waals surface area contributed by atoms with Crippen molar-refractivity contribution in [3.63, 3.8) is 0 Å². The first-order valence-corrected chi connectivity index (χ1v) is 11.4. The van der Waals surface area contributed by atoms with Crippen LogP contribution in [-0.4, -0.2) is 28.0 Å². The lowest BCUT2D eigenvalue weighted by molar-refractivity contribution is 0.0601. The minimum absolute atomic E-state index is 0.266. The van der Waals surface area contributed by atoms with Crippen LogP contribution in [0.1, 0.15) is 45.6 Å². The molecular weight excluding hydrogens is 435 g/mol. The minimum atomic E-state index is -0.348. The van der Waals surface area contributed by atoms with Gasteiger partial charge < -0.3 is 15.4 Å². The van der Waals surface area contributed by atoms with Crippen molar-refractivity contribution < 1.29 is 13.9 Å². The zero-order chi connectivity index (χ0) is 21.8. The van der Waals surface area contributed by atoms with Gasteiger partial charge >= 0.3 is 5.97 Å². The number of thiocarbonyl (C=S) groups is 1. The van der Waals surface area contributed by atoms with Crippen molar-refractivity contribution in [3.05, 3.63) is 63.9 Å². The maximum atomic E-state index is 13.9. The van der Waals surface area contributed by atoms with E-state index in [0.29, 0.717) is 33.6 Å². The van der Waals surface area contributed by atoms with E-state index < -0.39 is 0 Å². The number of esters is 1. The number of carbonyl (C=O) groups excluding carboxylic acids is 1. The van der Waals surface area contributed by atoms with Gasteiger partial charge in [-0.2, -0.15) is 5.10 Å². The number of nitrogens with zero attached hydrogens (tertiary/aromatic N) is 2. The molecule has 4 rings (SSSR count). The molecular formula is C22H23FN4O2S2. The average Bonchev–Trinajstić information content (AvgIpc) is 3.25. The highest BCUT2D eigenvalue weighted by atomic mass is 32.1. The number of carbonyl (C=O) groups is 1. The highest BCUT2D eigenvalue weighted by molar-refractivity contribution is 7.80. The standard InChI is InChI=1S/C22H23FN4O2S2/c1-29-21(28)19-15-8-3-2-4-10-17(15)31-20(19)25-22(30)24-18-11-12-27(26-18)13-14-7-5-6-9-16(14)23/h5-7,9,11-12H,2-4,8,10,13H2,1H3,(H2,24,25,26,30). The summed E-state index contributed by atoms with van der Waals surface area (Å²) in [5, 5.41) is 11.6. The summed E-state index contributed by atoms with van der Waals surface area (Å²) in [4.78, 5) is 13.7. The number of hydrogen-bond acceptors (Lipinski definition) is 5. The number of rotatable bonds is 5. The summed E-state index contributed by atoms with van der Waals surface area (Å²) in [7, 11) is 1.39. The lowest BCUT2D eigenvalue weighted by Gasteiger charge is -2.10. The van der Waals surface area contributed by atoms with Crippen LogP contribution in [0, 0.1) is 5.82 Å². The van der Waals surface area contributed by atoms with E-state index in [1.54, 1.807) is 46.5 Å². The number of anilines is 2. The van der Waals surface area contributed by atoms with Crippen LogP contribution in [0.25, 0.3) is 0 Å². The fourth-order valence-corrected chi connectivity index (χ4v) is 5.27. The number of halogens is 1. The molecule has 0 saturated heterocycles. The molecule has 0 amide bonds. The Labute approximate surface area is 189 Å². The quantitative estimate of drug-likeness (QED) is 0.319. The van der Waals surface area contributed by atoms with E-state index >= 15 is 0 Å². The van der Waals surface area contributed by atoms with Crippen LogP contribution in [0.3, 0.4) is 0 Å². The Bertz CT molecular complexity index is 1110. The van der Waals surface area contributed by atoms with E-state index in [4.69, 9.17) is 17.0 Å². The van der Waals surface area contributed by atoms with Gasteiger partial charge in [0.05, 0.1) is 19.2 Å². The van der Waals surface area contributed by atoms with Gasteiger partial charge in [-0.05, 0) is 49.5 Å². The molecule has 1 aliphatic rings. The smallest absolute Gasteiger partial charge is 0.341 e. The number of aryl methyl sites for hydroxylation is 1. The van der Waals surface area contributed by atoms with Crippen LogP contribution in [0.15, 0.2) is 36.5 Å². The molecule has 0 saturated carbocycles. The molecule has 0 unspecified atom stereocenters. The Morgan fingerprint density at radius 1 is 1.23 bits per heavy atom. The zero-order valence-electron chi connectivity index (χ0n) is 17.1. The van der Waals surface area contributed by atoms with Crippen LogP contribution >= 0.6 is 23.6 Å². The molecule has 3 aromatic rings. The maximum Gasteiger partial charge on any atom is 0.341 e. The normalized spacial score (nSPS) is 13.2. The number of hydrogen-bond donors (Lipinski definition) is 2. The van der Waals surface area contributed by atoms with Crippen LogP contribution in [-0.2, 0) is 24.1 Å². The van der Waals surface area contributed by atoms with Crippen molar-refractivity contribution >= 4 is 45.5 Å². The van der Waals surface area contributed by atoms with Gasteiger partial charge in [-0.15, -0.1) is 11.3 Å². The van der Waals surface area contributed by atoms with Gasteiger partial charge in [-0.25, -0.2) is 9.18 Å². The molecule has 0 bridgehead atoms. The molecule has 0 spiro atoms. The second kappa shape index (κ2) is 9.57.